The molecule has 0 aliphatic carbocycles. The van der Waals surface area contributed by atoms with Crippen LogP contribution in [0.4, 0.5) is 0 Å². The molecule has 1 aliphatic heterocycles. The summed E-state index contributed by atoms with van der Waals surface area (Å²) >= 11 is 0. The topological polar surface area (TPSA) is 15.3 Å². The monoisotopic (exact) mass is 254 g/mol. The normalized spacial score (nSPS) is 22.5. The van der Waals surface area contributed by atoms with Gasteiger partial charge in [0, 0.05) is 12.6 Å². The lowest BCUT2D eigenvalue weighted by Gasteiger charge is -2.18. The Balaban J connectivity index is 1.95. The van der Waals surface area contributed by atoms with Gasteiger partial charge in [-0.2, -0.15) is 0 Å². The first-order chi connectivity index (χ1) is 8.76. The van der Waals surface area contributed by atoms with Crippen molar-refractivity contribution >= 4 is 0 Å². The van der Waals surface area contributed by atoms with Crippen molar-refractivity contribution in [3.63, 3.8) is 0 Å². The molecule has 108 valence electrons. The van der Waals surface area contributed by atoms with Gasteiger partial charge in [-0.1, -0.05) is 46.0 Å². The fraction of sp³-hybridized carbons (Fsp3) is 1.00. The lowest BCUT2D eigenvalue weighted by atomic mass is 10.1. The van der Waals surface area contributed by atoms with Crippen molar-refractivity contribution in [1.82, 2.24) is 10.2 Å². The van der Waals surface area contributed by atoms with Crippen LogP contribution in [0.2, 0.25) is 0 Å². The highest BCUT2D eigenvalue weighted by Crippen LogP contribution is 2.15. The van der Waals surface area contributed by atoms with Crippen LogP contribution in [-0.4, -0.2) is 37.1 Å². The van der Waals surface area contributed by atoms with Gasteiger partial charge in [-0.05, 0) is 45.3 Å². The third kappa shape index (κ3) is 6.75. The van der Waals surface area contributed by atoms with Crippen LogP contribution in [-0.2, 0) is 0 Å². The van der Waals surface area contributed by atoms with Gasteiger partial charge < -0.3 is 10.2 Å². The molecule has 1 heterocycles. The molecule has 18 heavy (non-hydrogen) atoms. The largest absolute Gasteiger partial charge is 0.314 e. The molecule has 1 rings (SSSR count). The summed E-state index contributed by atoms with van der Waals surface area (Å²) in [5.74, 6) is 0.896. The molecule has 0 spiro atoms. The molecule has 0 bridgehead atoms. The fourth-order valence-electron chi connectivity index (χ4n) is 2.89. The number of nitrogens with one attached hydrogen (secondary N) is 1. The molecule has 2 heteroatoms. The Morgan fingerprint density at radius 3 is 2.61 bits per heavy atom. The van der Waals surface area contributed by atoms with Crippen LogP contribution < -0.4 is 5.32 Å². The van der Waals surface area contributed by atoms with E-state index in [2.05, 4.69) is 31.0 Å². The van der Waals surface area contributed by atoms with Crippen LogP contribution in [0.15, 0.2) is 0 Å². The van der Waals surface area contributed by atoms with E-state index in [0.29, 0.717) is 6.04 Å². The summed E-state index contributed by atoms with van der Waals surface area (Å²) in [4.78, 5) is 2.57. The number of hydrogen-bond donors (Lipinski definition) is 1. The summed E-state index contributed by atoms with van der Waals surface area (Å²) in [5, 5.41) is 3.73. The summed E-state index contributed by atoms with van der Waals surface area (Å²) in [6.07, 6.45) is 9.77. The summed E-state index contributed by atoms with van der Waals surface area (Å²) < 4.78 is 0. The molecule has 2 unspecified atom stereocenters. The third-order valence-corrected chi connectivity index (χ3v) is 4.31. The van der Waals surface area contributed by atoms with Crippen molar-refractivity contribution in [2.75, 3.05) is 26.2 Å². The molecule has 0 aromatic carbocycles. The molecule has 0 radical (unpaired) electrons. The van der Waals surface area contributed by atoms with E-state index in [1.807, 2.05) is 0 Å². The summed E-state index contributed by atoms with van der Waals surface area (Å²) in [6.45, 7) is 12.0. The molecule has 0 saturated carbocycles. The maximum absolute atomic E-state index is 3.73. The van der Waals surface area contributed by atoms with Gasteiger partial charge in [0.1, 0.15) is 0 Å². The molecule has 0 aromatic heterocycles. The summed E-state index contributed by atoms with van der Waals surface area (Å²) in [6, 6.07) is 0.710. The molecule has 2 nitrogen and oxygen atoms in total. The Hall–Kier alpha value is -0.0800. The van der Waals surface area contributed by atoms with Crippen LogP contribution in [0.25, 0.3) is 0 Å². The highest BCUT2D eigenvalue weighted by molar-refractivity contribution is 4.77. The van der Waals surface area contributed by atoms with Crippen LogP contribution in [0.1, 0.15) is 65.7 Å². The van der Waals surface area contributed by atoms with Gasteiger partial charge >= 0.3 is 0 Å². The van der Waals surface area contributed by atoms with E-state index in [1.54, 1.807) is 0 Å². The number of nitrogens with zero attached hydrogens (tertiary/aromatic N) is 1. The number of hydrogen-bond acceptors (Lipinski definition) is 2. The van der Waals surface area contributed by atoms with E-state index in [-0.39, 0.29) is 0 Å². The minimum atomic E-state index is 0.710. The molecular weight excluding hydrogens is 220 g/mol. The van der Waals surface area contributed by atoms with Crippen molar-refractivity contribution in [2.24, 2.45) is 5.92 Å². The van der Waals surface area contributed by atoms with Gasteiger partial charge in [0.2, 0.25) is 0 Å². The van der Waals surface area contributed by atoms with Crippen molar-refractivity contribution in [3.05, 3.63) is 0 Å². The molecular formula is C16H34N2. The van der Waals surface area contributed by atoms with Gasteiger partial charge in [0.15, 0.2) is 0 Å². The van der Waals surface area contributed by atoms with E-state index in [9.17, 15) is 0 Å². The SMILES string of the molecule is CCCCCCCC(C)NCC1CCN(CC)C1. The second-order valence-corrected chi connectivity index (χ2v) is 6.06. The highest BCUT2D eigenvalue weighted by Gasteiger charge is 2.20. The zero-order valence-corrected chi connectivity index (χ0v) is 12.9. The Kier molecular flexibility index (Phi) is 8.70. The summed E-state index contributed by atoms with van der Waals surface area (Å²) in [5.41, 5.74) is 0. The second-order valence-electron chi connectivity index (χ2n) is 6.06. The smallest absolute Gasteiger partial charge is 0.00388 e. The predicted octanol–water partition coefficient (Wildman–Crippen LogP) is 3.67. The van der Waals surface area contributed by atoms with E-state index in [1.165, 1.54) is 71.1 Å². The van der Waals surface area contributed by atoms with Crippen molar-refractivity contribution in [3.8, 4) is 0 Å². The van der Waals surface area contributed by atoms with E-state index in [4.69, 9.17) is 0 Å². The maximum Gasteiger partial charge on any atom is 0.00388 e. The minimum Gasteiger partial charge on any atom is -0.314 e. The van der Waals surface area contributed by atoms with Gasteiger partial charge in [0.05, 0.1) is 0 Å². The average Bonchev–Trinajstić information content (AvgIpc) is 2.84. The molecule has 0 aromatic rings. The number of unbranched alkanes of at least 4 members (excludes halogenated alkanes) is 4. The Morgan fingerprint density at radius 1 is 1.17 bits per heavy atom. The van der Waals surface area contributed by atoms with Gasteiger partial charge in [-0.3, -0.25) is 0 Å². The molecule has 1 aliphatic rings. The van der Waals surface area contributed by atoms with Crippen molar-refractivity contribution in [1.29, 1.82) is 0 Å². The van der Waals surface area contributed by atoms with Crippen LogP contribution in [0, 0.1) is 5.92 Å². The lowest BCUT2D eigenvalue weighted by Crippen LogP contribution is -2.32. The van der Waals surface area contributed by atoms with Crippen LogP contribution in [0.5, 0.6) is 0 Å². The molecule has 1 N–H and O–H groups in total. The van der Waals surface area contributed by atoms with Crippen LogP contribution >= 0.6 is 0 Å². The van der Waals surface area contributed by atoms with Gasteiger partial charge in [-0.15, -0.1) is 0 Å². The molecule has 1 saturated heterocycles. The van der Waals surface area contributed by atoms with Gasteiger partial charge in [0.25, 0.3) is 0 Å². The van der Waals surface area contributed by atoms with Gasteiger partial charge in [-0.25, -0.2) is 0 Å². The van der Waals surface area contributed by atoms with Crippen LogP contribution in [0.3, 0.4) is 0 Å². The molecule has 0 amide bonds. The number of likely N-dealkylation sites (tertiary alicyclic amines) is 1. The highest BCUT2D eigenvalue weighted by atomic mass is 15.1. The first kappa shape index (κ1) is 16.0. The zero-order chi connectivity index (χ0) is 13.2. The zero-order valence-electron chi connectivity index (χ0n) is 12.9. The van der Waals surface area contributed by atoms with E-state index in [0.717, 1.165) is 5.92 Å². The van der Waals surface area contributed by atoms with E-state index < -0.39 is 0 Å². The lowest BCUT2D eigenvalue weighted by molar-refractivity contribution is 0.334. The minimum absolute atomic E-state index is 0.710. The quantitative estimate of drug-likeness (QED) is 0.598. The van der Waals surface area contributed by atoms with Crippen molar-refractivity contribution < 1.29 is 0 Å². The fourth-order valence-corrected chi connectivity index (χ4v) is 2.89. The standard InChI is InChI=1S/C16H34N2/c1-4-6-7-8-9-10-15(3)17-13-16-11-12-18(5-2)14-16/h15-17H,4-14H2,1-3H3. The first-order valence-corrected chi connectivity index (χ1v) is 8.22. The van der Waals surface area contributed by atoms with Crippen molar-refractivity contribution in [2.45, 2.75) is 71.8 Å². The predicted molar refractivity (Wildman–Crippen MR) is 81.1 cm³/mol. The average molecular weight is 254 g/mol. The Bertz CT molecular complexity index is 194. The second kappa shape index (κ2) is 9.80. The molecule has 2 atom stereocenters. The first-order valence-electron chi connectivity index (χ1n) is 8.22. The summed E-state index contributed by atoms with van der Waals surface area (Å²) in [7, 11) is 0. The Morgan fingerprint density at radius 2 is 1.94 bits per heavy atom. The Labute approximate surface area is 115 Å². The number of rotatable bonds is 10. The van der Waals surface area contributed by atoms with E-state index >= 15 is 0 Å². The molecule has 1 fully saturated rings. The third-order valence-electron chi connectivity index (χ3n) is 4.31. The maximum atomic E-state index is 3.73.